The highest BCUT2D eigenvalue weighted by atomic mass is 16.6. The molecule has 1 aliphatic heterocycles. The second-order valence-corrected chi connectivity index (χ2v) is 4.84. The number of hydrogen-bond donors (Lipinski definition) is 1. The number of pyridine rings is 1. The van der Waals surface area contributed by atoms with E-state index >= 15 is 0 Å². The lowest BCUT2D eigenvalue weighted by molar-refractivity contribution is -0.389. The van der Waals surface area contributed by atoms with Crippen molar-refractivity contribution in [3.63, 3.8) is 0 Å². The quantitative estimate of drug-likeness (QED) is 0.650. The summed E-state index contributed by atoms with van der Waals surface area (Å²) in [5, 5.41) is 10.6. The number of piperidine rings is 1. The van der Waals surface area contributed by atoms with Crippen molar-refractivity contribution >= 4 is 11.5 Å². The van der Waals surface area contributed by atoms with Crippen LogP contribution >= 0.6 is 0 Å². The Morgan fingerprint density at radius 2 is 2.39 bits per heavy atom. The summed E-state index contributed by atoms with van der Waals surface area (Å²) < 4.78 is 0. The van der Waals surface area contributed by atoms with Crippen LogP contribution in [0.25, 0.3) is 0 Å². The van der Waals surface area contributed by atoms with E-state index in [0.29, 0.717) is 18.5 Å². The van der Waals surface area contributed by atoms with Gasteiger partial charge in [0, 0.05) is 25.2 Å². The molecule has 2 rings (SSSR count). The molecule has 2 atom stereocenters. The fourth-order valence-electron chi connectivity index (χ4n) is 2.47. The molecule has 2 unspecified atom stereocenters. The molecule has 6 heteroatoms. The summed E-state index contributed by atoms with van der Waals surface area (Å²) in [4.78, 5) is 16.1. The van der Waals surface area contributed by atoms with Crippen molar-refractivity contribution in [2.24, 2.45) is 11.7 Å². The van der Waals surface area contributed by atoms with Crippen LogP contribution in [0.2, 0.25) is 0 Å². The highest BCUT2D eigenvalue weighted by molar-refractivity contribution is 5.48. The summed E-state index contributed by atoms with van der Waals surface area (Å²) >= 11 is 0. The number of anilines is 1. The van der Waals surface area contributed by atoms with E-state index in [-0.39, 0.29) is 5.82 Å². The molecule has 0 saturated carbocycles. The first-order valence-electron chi connectivity index (χ1n) is 6.19. The van der Waals surface area contributed by atoms with E-state index in [9.17, 15) is 10.1 Å². The molecule has 2 heterocycles. The molecular formula is C12H18N4O2. The molecule has 0 spiro atoms. The van der Waals surface area contributed by atoms with Gasteiger partial charge in [-0.3, -0.25) is 0 Å². The van der Waals surface area contributed by atoms with Crippen LogP contribution in [0.15, 0.2) is 18.3 Å². The van der Waals surface area contributed by atoms with Crippen LogP contribution < -0.4 is 10.6 Å². The van der Waals surface area contributed by atoms with Gasteiger partial charge in [0.25, 0.3) is 0 Å². The molecule has 6 nitrogen and oxygen atoms in total. The van der Waals surface area contributed by atoms with Crippen LogP contribution in [-0.2, 0) is 0 Å². The Bertz CT molecular complexity index is 421. The zero-order valence-electron chi connectivity index (χ0n) is 10.5. The minimum Gasteiger partial charge on any atom is -0.364 e. The largest absolute Gasteiger partial charge is 0.364 e. The van der Waals surface area contributed by atoms with Gasteiger partial charge in [0.2, 0.25) is 0 Å². The number of hydrogen-bond acceptors (Lipinski definition) is 5. The maximum Gasteiger partial charge on any atom is 0.363 e. The average Bonchev–Trinajstić information content (AvgIpc) is 2.38. The first-order chi connectivity index (χ1) is 8.61. The SMILES string of the molecule is CC1CCN(c2ccc([N+](=O)[O-])nc2)C(CN)C1. The summed E-state index contributed by atoms with van der Waals surface area (Å²) in [7, 11) is 0. The molecule has 2 N–H and O–H groups in total. The number of nitrogens with zero attached hydrogens (tertiary/aromatic N) is 3. The summed E-state index contributed by atoms with van der Waals surface area (Å²) in [6.45, 7) is 3.76. The minimum atomic E-state index is -0.484. The van der Waals surface area contributed by atoms with Crippen LogP contribution in [0, 0.1) is 16.0 Å². The first-order valence-corrected chi connectivity index (χ1v) is 6.19. The Labute approximate surface area is 106 Å². The zero-order chi connectivity index (χ0) is 13.1. The van der Waals surface area contributed by atoms with E-state index in [0.717, 1.165) is 25.1 Å². The molecule has 18 heavy (non-hydrogen) atoms. The van der Waals surface area contributed by atoms with E-state index in [1.54, 1.807) is 12.3 Å². The van der Waals surface area contributed by atoms with Crippen molar-refractivity contribution in [1.82, 2.24) is 4.98 Å². The lowest BCUT2D eigenvalue weighted by Gasteiger charge is -2.39. The Balaban J connectivity index is 2.17. The molecule has 0 bridgehead atoms. The predicted molar refractivity (Wildman–Crippen MR) is 69.5 cm³/mol. The van der Waals surface area contributed by atoms with Crippen LogP contribution in [0.3, 0.4) is 0 Å². The highest BCUT2D eigenvalue weighted by Gasteiger charge is 2.26. The Kier molecular flexibility index (Phi) is 3.76. The summed E-state index contributed by atoms with van der Waals surface area (Å²) in [6, 6.07) is 3.50. The Hall–Kier alpha value is -1.69. The van der Waals surface area contributed by atoms with Gasteiger partial charge in [-0.2, -0.15) is 0 Å². The zero-order valence-corrected chi connectivity index (χ0v) is 10.5. The number of aromatic nitrogens is 1. The monoisotopic (exact) mass is 250 g/mol. The molecule has 1 aromatic heterocycles. The Morgan fingerprint density at radius 3 is 2.94 bits per heavy atom. The molecule has 0 aliphatic carbocycles. The molecular weight excluding hydrogens is 232 g/mol. The van der Waals surface area contributed by atoms with Crippen molar-refractivity contribution in [1.29, 1.82) is 0 Å². The fraction of sp³-hybridized carbons (Fsp3) is 0.583. The van der Waals surface area contributed by atoms with E-state index in [1.807, 2.05) is 0 Å². The van der Waals surface area contributed by atoms with E-state index < -0.39 is 4.92 Å². The van der Waals surface area contributed by atoms with Gasteiger partial charge in [-0.05, 0) is 34.7 Å². The molecule has 0 amide bonds. The smallest absolute Gasteiger partial charge is 0.363 e. The predicted octanol–water partition coefficient (Wildman–Crippen LogP) is 1.55. The lowest BCUT2D eigenvalue weighted by atomic mass is 9.92. The van der Waals surface area contributed by atoms with Crippen LogP contribution in [-0.4, -0.2) is 29.0 Å². The molecule has 0 aromatic carbocycles. The average molecular weight is 250 g/mol. The van der Waals surface area contributed by atoms with Crippen molar-refractivity contribution in [2.45, 2.75) is 25.8 Å². The van der Waals surface area contributed by atoms with Crippen molar-refractivity contribution in [3.8, 4) is 0 Å². The third-order valence-corrected chi connectivity index (χ3v) is 3.50. The second kappa shape index (κ2) is 5.30. The van der Waals surface area contributed by atoms with E-state index in [4.69, 9.17) is 5.73 Å². The standard InChI is InChI=1S/C12H18N4O2/c1-9-4-5-15(11(6-9)7-13)10-2-3-12(14-8-10)16(17)18/h2-3,8-9,11H,4-7,13H2,1H3. The number of nitro groups is 1. The number of rotatable bonds is 3. The van der Waals surface area contributed by atoms with Crippen LogP contribution in [0.5, 0.6) is 0 Å². The van der Waals surface area contributed by atoms with Gasteiger partial charge in [0.15, 0.2) is 6.20 Å². The third-order valence-electron chi connectivity index (χ3n) is 3.50. The van der Waals surface area contributed by atoms with E-state index in [1.165, 1.54) is 6.07 Å². The topological polar surface area (TPSA) is 85.3 Å². The first kappa shape index (κ1) is 12.8. The fourth-order valence-corrected chi connectivity index (χ4v) is 2.47. The minimum absolute atomic E-state index is 0.117. The summed E-state index contributed by atoms with van der Waals surface area (Å²) in [5.74, 6) is 0.564. The molecule has 1 saturated heterocycles. The van der Waals surface area contributed by atoms with Crippen LogP contribution in [0.1, 0.15) is 19.8 Å². The molecule has 1 fully saturated rings. The van der Waals surface area contributed by atoms with Crippen molar-refractivity contribution in [2.75, 3.05) is 18.0 Å². The maximum absolute atomic E-state index is 10.6. The van der Waals surface area contributed by atoms with Gasteiger partial charge in [0.1, 0.15) is 0 Å². The van der Waals surface area contributed by atoms with E-state index in [2.05, 4.69) is 16.8 Å². The highest BCUT2D eigenvalue weighted by Crippen LogP contribution is 2.27. The number of nitrogens with two attached hydrogens (primary N) is 1. The summed E-state index contributed by atoms with van der Waals surface area (Å²) in [6.07, 6.45) is 3.75. The van der Waals surface area contributed by atoms with Gasteiger partial charge in [-0.1, -0.05) is 6.92 Å². The van der Waals surface area contributed by atoms with Gasteiger partial charge in [-0.15, -0.1) is 0 Å². The third kappa shape index (κ3) is 2.59. The molecule has 0 radical (unpaired) electrons. The second-order valence-electron chi connectivity index (χ2n) is 4.84. The Morgan fingerprint density at radius 1 is 1.61 bits per heavy atom. The van der Waals surface area contributed by atoms with Gasteiger partial charge in [0.05, 0.1) is 5.69 Å². The molecule has 1 aromatic rings. The van der Waals surface area contributed by atoms with Gasteiger partial charge >= 0.3 is 5.82 Å². The molecule has 98 valence electrons. The van der Waals surface area contributed by atoms with Gasteiger partial charge in [-0.25, -0.2) is 0 Å². The maximum atomic E-state index is 10.6. The van der Waals surface area contributed by atoms with Crippen LogP contribution in [0.4, 0.5) is 11.5 Å². The lowest BCUT2D eigenvalue weighted by Crippen LogP contribution is -2.46. The van der Waals surface area contributed by atoms with Crippen molar-refractivity contribution in [3.05, 3.63) is 28.4 Å². The molecule has 1 aliphatic rings. The van der Waals surface area contributed by atoms with Gasteiger partial charge < -0.3 is 20.7 Å². The normalized spacial score (nSPS) is 24.0. The summed E-state index contributed by atoms with van der Waals surface area (Å²) in [5.41, 5.74) is 6.72. The van der Waals surface area contributed by atoms with Crippen molar-refractivity contribution < 1.29 is 4.92 Å².